The van der Waals surface area contributed by atoms with Gasteiger partial charge in [0.05, 0.1) is 11.2 Å². The van der Waals surface area contributed by atoms with Crippen molar-refractivity contribution in [1.82, 2.24) is 10.3 Å². The van der Waals surface area contributed by atoms with Crippen molar-refractivity contribution < 1.29 is 0 Å². The highest BCUT2D eigenvalue weighted by Gasteiger charge is 2.36. The van der Waals surface area contributed by atoms with Crippen LogP contribution >= 0.6 is 0 Å². The summed E-state index contributed by atoms with van der Waals surface area (Å²) in [7, 11) is 0. The Bertz CT molecular complexity index is 515. The van der Waals surface area contributed by atoms with Crippen molar-refractivity contribution in [3.05, 3.63) is 42.1 Å². The molecule has 1 saturated carbocycles. The van der Waals surface area contributed by atoms with Gasteiger partial charge in [-0.3, -0.25) is 4.98 Å². The van der Waals surface area contributed by atoms with E-state index in [9.17, 15) is 0 Å². The fourth-order valence-electron chi connectivity index (χ4n) is 1.87. The summed E-state index contributed by atoms with van der Waals surface area (Å²) in [4.78, 5) is 4.64. The van der Waals surface area contributed by atoms with Gasteiger partial charge < -0.3 is 5.32 Å². The lowest BCUT2D eigenvalue weighted by molar-refractivity contribution is 0.533. The lowest BCUT2D eigenvalue weighted by atomic mass is 10.2. The molecule has 1 aromatic carbocycles. The SMILES string of the molecule is CC1(NCc2ccc3ccccc3n2)CC1. The Morgan fingerprint density at radius 3 is 2.81 bits per heavy atom. The molecule has 2 aromatic rings. The molecule has 1 N–H and O–H groups in total. The second kappa shape index (κ2) is 3.56. The van der Waals surface area contributed by atoms with Crippen molar-refractivity contribution in [2.24, 2.45) is 0 Å². The van der Waals surface area contributed by atoms with Gasteiger partial charge in [-0.1, -0.05) is 24.3 Å². The summed E-state index contributed by atoms with van der Waals surface area (Å²) in [6, 6.07) is 12.5. The average molecular weight is 212 g/mol. The zero-order chi connectivity index (χ0) is 11.0. The second-order valence-electron chi connectivity index (χ2n) is 4.91. The van der Waals surface area contributed by atoms with Gasteiger partial charge in [0, 0.05) is 17.5 Å². The smallest absolute Gasteiger partial charge is 0.0705 e. The van der Waals surface area contributed by atoms with Gasteiger partial charge >= 0.3 is 0 Å². The van der Waals surface area contributed by atoms with Crippen molar-refractivity contribution in [2.75, 3.05) is 0 Å². The van der Waals surface area contributed by atoms with E-state index in [-0.39, 0.29) is 0 Å². The van der Waals surface area contributed by atoms with Crippen LogP contribution < -0.4 is 5.32 Å². The zero-order valence-electron chi connectivity index (χ0n) is 9.53. The van der Waals surface area contributed by atoms with E-state index in [0.717, 1.165) is 17.8 Å². The van der Waals surface area contributed by atoms with E-state index in [4.69, 9.17) is 0 Å². The highest BCUT2D eigenvalue weighted by Crippen LogP contribution is 2.34. The lowest BCUT2D eigenvalue weighted by Gasteiger charge is -2.10. The molecule has 82 valence electrons. The molecule has 0 aliphatic heterocycles. The molecular formula is C14H16N2. The summed E-state index contributed by atoms with van der Waals surface area (Å²) in [5.41, 5.74) is 2.60. The number of para-hydroxylation sites is 1. The van der Waals surface area contributed by atoms with Crippen LogP contribution in [0.5, 0.6) is 0 Å². The van der Waals surface area contributed by atoms with Crippen LogP contribution in [0, 0.1) is 0 Å². The highest BCUT2D eigenvalue weighted by atomic mass is 15.0. The van der Waals surface area contributed by atoms with Crippen molar-refractivity contribution in [3.8, 4) is 0 Å². The first-order valence-electron chi connectivity index (χ1n) is 5.85. The first kappa shape index (κ1) is 9.79. The number of hydrogen-bond acceptors (Lipinski definition) is 2. The van der Waals surface area contributed by atoms with Crippen molar-refractivity contribution >= 4 is 10.9 Å². The van der Waals surface area contributed by atoms with Crippen molar-refractivity contribution in [1.29, 1.82) is 0 Å². The molecule has 16 heavy (non-hydrogen) atoms. The Kier molecular flexibility index (Phi) is 2.18. The van der Waals surface area contributed by atoms with Crippen LogP contribution in [-0.4, -0.2) is 10.5 Å². The fraction of sp³-hybridized carbons (Fsp3) is 0.357. The van der Waals surface area contributed by atoms with E-state index in [1.54, 1.807) is 0 Å². The van der Waals surface area contributed by atoms with Gasteiger partial charge in [0.2, 0.25) is 0 Å². The molecule has 2 nitrogen and oxygen atoms in total. The summed E-state index contributed by atoms with van der Waals surface area (Å²) in [5, 5.41) is 4.76. The summed E-state index contributed by atoms with van der Waals surface area (Å²) >= 11 is 0. The van der Waals surface area contributed by atoms with Gasteiger partial charge in [0.25, 0.3) is 0 Å². The van der Waals surface area contributed by atoms with Crippen molar-refractivity contribution in [2.45, 2.75) is 31.8 Å². The molecule has 3 rings (SSSR count). The van der Waals surface area contributed by atoms with Crippen LogP contribution in [0.25, 0.3) is 10.9 Å². The van der Waals surface area contributed by atoms with Gasteiger partial charge in [0.1, 0.15) is 0 Å². The number of nitrogens with zero attached hydrogens (tertiary/aromatic N) is 1. The van der Waals surface area contributed by atoms with E-state index < -0.39 is 0 Å². The first-order valence-corrected chi connectivity index (χ1v) is 5.85. The van der Waals surface area contributed by atoms with E-state index in [1.165, 1.54) is 18.2 Å². The molecule has 1 aliphatic carbocycles. The number of hydrogen-bond donors (Lipinski definition) is 1. The molecule has 0 saturated heterocycles. The van der Waals surface area contributed by atoms with Crippen LogP contribution in [0.3, 0.4) is 0 Å². The van der Waals surface area contributed by atoms with Gasteiger partial charge in [-0.25, -0.2) is 0 Å². The minimum Gasteiger partial charge on any atom is -0.306 e. The lowest BCUT2D eigenvalue weighted by Crippen LogP contribution is -2.27. The third-order valence-corrected chi connectivity index (χ3v) is 3.35. The van der Waals surface area contributed by atoms with Gasteiger partial charge in [-0.05, 0) is 31.9 Å². The van der Waals surface area contributed by atoms with Gasteiger partial charge in [0.15, 0.2) is 0 Å². The molecule has 1 aromatic heterocycles. The van der Waals surface area contributed by atoms with Crippen LogP contribution in [0.1, 0.15) is 25.5 Å². The minimum atomic E-state index is 0.382. The summed E-state index contributed by atoms with van der Waals surface area (Å²) in [6.45, 7) is 3.15. The molecule has 0 atom stereocenters. The fourth-order valence-corrected chi connectivity index (χ4v) is 1.87. The largest absolute Gasteiger partial charge is 0.306 e. The Labute approximate surface area is 95.7 Å². The van der Waals surface area contributed by atoms with Crippen LogP contribution in [0.15, 0.2) is 36.4 Å². The number of rotatable bonds is 3. The Morgan fingerprint density at radius 2 is 2.00 bits per heavy atom. The molecule has 0 spiro atoms. The highest BCUT2D eigenvalue weighted by molar-refractivity contribution is 5.78. The Morgan fingerprint density at radius 1 is 1.19 bits per heavy atom. The number of nitrogens with one attached hydrogen (secondary N) is 1. The monoisotopic (exact) mass is 212 g/mol. The summed E-state index contributed by atoms with van der Waals surface area (Å²) in [5.74, 6) is 0. The number of fused-ring (bicyclic) bond motifs is 1. The molecule has 1 fully saturated rings. The van der Waals surface area contributed by atoms with Crippen LogP contribution in [0.2, 0.25) is 0 Å². The Balaban J connectivity index is 1.81. The van der Waals surface area contributed by atoms with Gasteiger partial charge in [-0.2, -0.15) is 0 Å². The topological polar surface area (TPSA) is 24.9 Å². The maximum atomic E-state index is 4.64. The normalized spacial score (nSPS) is 17.6. The third kappa shape index (κ3) is 1.93. The van der Waals surface area contributed by atoms with E-state index >= 15 is 0 Å². The van der Waals surface area contributed by atoms with E-state index in [2.05, 4.69) is 41.5 Å². The maximum absolute atomic E-state index is 4.64. The van der Waals surface area contributed by atoms with Crippen LogP contribution in [0.4, 0.5) is 0 Å². The molecule has 0 amide bonds. The first-order chi connectivity index (χ1) is 7.75. The summed E-state index contributed by atoms with van der Waals surface area (Å²) < 4.78 is 0. The quantitative estimate of drug-likeness (QED) is 0.846. The predicted molar refractivity (Wildman–Crippen MR) is 66.2 cm³/mol. The van der Waals surface area contributed by atoms with E-state index in [1.807, 2.05) is 12.1 Å². The maximum Gasteiger partial charge on any atom is 0.0705 e. The molecule has 2 heteroatoms. The molecule has 0 bridgehead atoms. The molecule has 0 unspecified atom stereocenters. The molecule has 0 radical (unpaired) electrons. The number of aromatic nitrogens is 1. The average Bonchev–Trinajstić information content (AvgIpc) is 3.05. The number of benzene rings is 1. The molecule has 1 heterocycles. The van der Waals surface area contributed by atoms with Gasteiger partial charge in [-0.15, -0.1) is 0 Å². The molecular weight excluding hydrogens is 196 g/mol. The minimum absolute atomic E-state index is 0.382. The Hall–Kier alpha value is -1.41. The third-order valence-electron chi connectivity index (χ3n) is 3.35. The van der Waals surface area contributed by atoms with E-state index in [0.29, 0.717) is 5.54 Å². The summed E-state index contributed by atoms with van der Waals surface area (Å²) in [6.07, 6.45) is 2.58. The number of pyridine rings is 1. The van der Waals surface area contributed by atoms with Crippen LogP contribution in [-0.2, 0) is 6.54 Å². The second-order valence-corrected chi connectivity index (χ2v) is 4.91. The van der Waals surface area contributed by atoms with Crippen molar-refractivity contribution in [3.63, 3.8) is 0 Å². The predicted octanol–water partition coefficient (Wildman–Crippen LogP) is 2.88. The zero-order valence-corrected chi connectivity index (χ0v) is 9.53. The molecule has 1 aliphatic rings. The standard InChI is InChI=1S/C14H16N2/c1-14(8-9-14)15-10-12-7-6-11-4-2-3-5-13(11)16-12/h2-7,15H,8-10H2,1H3.